The van der Waals surface area contributed by atoms with E-state index in [-0.39, 0.29) is 0 Å². The van der Waals surface area contributed by atoms with Gasteiger partial charge in [0.25, 0.3) is 0 Å². The van der Waals surface area contributed by atoms with Crippen molar-refractivity contribution in [3.8, 4) is 0 Å². The molecule has 0 aliphatic heterocycles. The minimum atomic E-state index is 0.854. The highest BCUT2D eigenvalue weighted by Crippen LogP contribution is 2.16. The molecule has 0 saturated carbocycles. The van der Waals surface area contributed by atoms with E-state index in [1.165, 1.54) is 31.2 Å². The van der Waals surface area contributed by atoms with Gasteiger partial charge in [-0.1, -0.05) is 33.1 Å². The van der Waals surface area contributed by atoms with E-state index >= 15 is 0 Å². The predicted molar refractivity (Wildman–Crippen MR) is 56.6 cm³/mol. The molecule has 1 aromatic rings. The Morgan fingerprint density at radius 2 is 1.92 bits per heavy atom. The van der Waals surface area contributed by atoms with E-state index < -0.39 is 0 Å². The van der Waals surface area contributed by atoms with Gasteiger partial charge in [-0.2, -0.15) is 0 Å². The van der Waals surface area contributed by atoms with Crippen LogP contribution in [0.25, 0.3) is 0 Å². The Balaban J connectivity index is 2.46. The summed E-state index contributed by atoms with van der Waals surface area (Å²) < 4.78 is 0. The first-order valence-electron chi connectivity index (χ1n) is 5.25. The van der Waals surface area contributed by atoms with E-state index in [1.54, 1.807) is 0 Å². The third-order valence-corrected chi connectivity index (χ3v) is 2.55. The predicted octanol–water partition coefficient (Wildman–Crippen LogP) is 3.45. The molecule has 1 heterocycles. The first kappa shape index (κ1) is 10.2. The molecule has 13 heavy (non-hydrogen) atoms. The Morgan fingerprint density at radius 1 is 1.23 bits per heavy atom. The smallest absolute Gasteiger partial charge is 0.0270 e. The molecule has 1 nitrogen and oxygen atoms in total. The van der Waals surface area contributed by atoms with Crippen LogP contribution < -0.4 is 0 Å². The van der Waals surface area contributed by atoms with Crippen molar-refractivity contribution in [3.05, 3.63) is 30.1 Å². The molecule has 1 rings (SSSR count). The highest BCUT2D eigenvalue weighted by molar-refractivity contribution is 5.10. The third kappa shape index (κ3) is 3.58. The van der Waals surface area contributed by atoms with Gasteiger partial charge in [0.15, 0.2) is 0 Å². The molecular formula is C12H19N. The second kappa shape index (κ2) is 5.74. The summed E-state index contributed by atoms with van der Waals surface area (Å²) in [5.41, 5.74) is 1.43. The van der Waals surface area contributed by atoms with Crippen molar-refractivity contribution in [2.75, 3.05) is 0 Å². The average molecular weight is 177 g/mol. The lowest BCUT2D eigenvalue weighted by atomic mass is 9.93. The molecule has 0 aliphatic rings. The Kier molecular flexibility index (Phi) is 4.52. The highest BCUT2D eigenvalue weighted by Gasteiger charge is 2.05. The SMILES string of the molecule is CCCC(CC)Cc1ccncc1. The number of rotatable bonds is 5. The fraction of sp³-hybridized carbons (Fsp3) is 0.583. The van der Waals surface area contributed by atoms with E-state index in [4.69, 9.17) is 0 Å². The molecule has 72 valence electrons. The van der Waals surface area contributed by atoms with Crippen LogP contribution in [-0.2, 0) is 6.42 Å². The van der Waals surface area contributed by atoms with E-state index in [2.05, 4.69) is 31.0 Å². The normalized spacial score (nSPS) is 12.8. The molecule has 0 fully saturated rings. The van der Waals surface area contributed by atoms with Crippen LogP contribution in [0.4, 0.5) is 0 Å². The topological polar surface area (TPSA) is 12.9 Å². The maximum absolute atomic E-state index is 4.02. The van der Waals surface area contributed by atoms with Crippen LogP contribution in [0, 0.1) is 5.92 Å². The highest BCUT2D eigenvalue weighted by atomic mass is 14.6. The van der Waals surface area contributed by atoms with Gasteiger partial charge in [-0.3, -0.25) is 4.98 Å². The molecule has 0 aliphatic carbocycles. The minimum absolute atomic E-state index is 0.854. The monoisotopic (exact) mass is 177 g/mol. The van der Waals surface area contributed by atoms with Gasteiger partial charge in [-0.05, 0) is 30.0 Å². The Labute approximate surface area is 81.2 Å². The standard InChI is InChI=1S/C12H19N/c1-3-5-11(4-2)10-12-6-8-13-9-7-12/h6-9,11H,3-5,10H2,1-2H3. The van der Waals surface area contributed by atoms with E-state index in [9.17, 15) is 0 Å². The molecule has 0 N–H and O–H groups in total. The zero-order chi connectivity index (χ0) is 9.52. The van der Waals surface area contributed by atoms with Gasteiger partial charge in [0.1, 0.15) is 0 Å². The molecule has 0 aromatic carbocycles. The van der Waals surface area contributed by atoms with Gasteiger partial charge in [-0.15, -0.1) is 0 Å². The lowest BCUT2D eigenvalue weighted by Crippen LogP contribution is -2.02. The molecule has 1 heteroatoms. The van der Waals surface area contributed by atoms with Crippen LogP contribution in [0.5, 0.6) is 0 Å². The summed E-state index contributed by atoms with van der Waals surface area (Å²) >= 11 is 0. The van der Waals surface area contributed by atoms with E-state index in [0.29, 0.717) is 0 Å². The molecule has 0 amide bonds. The lowest BCUT2D eigenvalue weighted by Gasteiger charge is -2.12. The zero-order valence-corrected chi connectivity index (χ0v) is 8.66. The number of pyridine rings is 1. The summed E-state index contributed by atoms with van der Waals surface area (Å²) in [7, 11) is 0. The summed E-state index contributed by atoms with van der Waals surface area (Å²) in [5, 5.41) is 0. The Bertz CT molecular complexity index is 218. The maximum atomic E-state index is 4.02. The van der Waals surface area contributed by atoms with Crippen molar-refractivity contribution >= 4 is 0 Å². The van der Waals surface area contributed by atoms with Crippen LogP contribution in [0.3, 0.4) is 0 Å². The zero-order valence-electron chi connectivity index (χ0n) is 8.66. The molecule has 1 aromatic heterocycles. The largest absolute Gasteiger partial charge is 0.265 e. The number of hydrogen-bond acceptors (Lipinski definition) is 1. The molecule has 1 unspecified atom stereocenters. The maximum Gasteiger partial charge on any atom is 0.0270 e. The number of aromatic nitrogens is 1. The van der Waals surface area contributed by atoms with E-state index in [1.807, 2.05) is 12.4 Å². The summed E-state index contributed by atoms with van der Waals surface area (Å²) in [6.07, 6.45) is 8.91. The lowest BCUT2D eigenvalue weighted by molar-refractivity contribution is 0.462. The molecular weight excluding hydrogens is 158 g/mol. The minimum Gasteiger partial charge on any atom is -0.265 e. The van der Waals surface area contributed by atoms with Crippen molar-refractivity contribution in [2.45, 2.75) is 39.5 Å². The van der Waals surface area contributed by atoms with E-state index in [0.717, 1.165) is 5.92 Å². The first-order chi connectivity index (χ1) is 6.36. The van der Waals surface area contributed by atoms with Crippen LogP contribution in [0.15, 0.2) is 24.5 Å². The quantitative estimate of drug-likeness (QED) is 0.671. The summed E-state index contributed by atoms with van der Waals surface area (Å²) in [4.78, 5) is 4.02. The van der Waals surface area contributed by atoms with Gasteiger partial charge in [-0.25, -0.2) is 0 Å². The molecule has 0 spiro atoms. The van der Waals surface area contributed by atoms with Crippen molar-refractivity contribution < 1.29 is 0 Å². The second-order valence-electron chi connectivity index (χ2n) is 3.62. The van der Waals surface area contributed by atoms with Gasteiger partial charge in [0.2, 0.25) is 0 Å². The summed E-state index contributed by atoms with van der Waals surface area (Å²) in [5.74, 6) is 0.854. The fourth-order valence-electron chi connectivity index (χ4n) is 1.71. The Morgan fingerprint density at radius 3 is 2.46 bits per heavy atom. The molecule has 0 radical (unpaired) electrons. The third-order valence-electron chi connectivity index (χ3n) is 2.55. The summed E-state index contributed by atoms with van der Waals surface area (Å²) in [6.45, 7) is 4.54. The van der Waals surface area contributed by atoms with Crippen molar-refractivity contribution in [1.82, 2.24) is 4.98 Å². The van der Waals surface area contributed by atoms with Gasteiger partial charge >= 0.3 is 0 Å². The molecule has 1 atom stereocenters. The van der Waals surface area contributed by atoms with Crippen molar-refractivity contribution in [3.63, 3.8) is 0 Å². The van der Waals surface area contributed by atoms with Gasteiger partial charge < -0.3 is 0 Å². The van der Waals surface area contributed by atoms with Crippen LogP contribution in [0.2, 0.25) is 0 Å². The van der Waals surface area contributed by atoms with Crippen LogP contribution >= 0.6 is 0 Å². The van der Waals surface area contributed by atoms with Gasteiger partial charge in [0.05, 0.1) is 0 Å². The average Bonchev–Trinajstić information content (AvgIpc) is 2.19. The van der Waals surface area contributed by atoms with Crippen molar-refractivity contribution in [1.29, 1.82) is 0 Å². The van der Waals surface area contributed by atoms with Crippen LogP contribution in [0.1, 0.15) is 38.7 Å². The molecule has 0 saturated heterocycles. The Hall–Kier alpha value is -0.850. The van der Waals surface area contributed by atoms with Crippen molar-refractivity contribution in [2.24, 2.45) is 5.92 Å². The first-order valence-corrected chi connectivity index (χ1v) is 5.25. The fourth-order valence-corrected chi connectivity index (χ4v) is 1.71. The summed E-state index contributed by atoms with van der Waals surface area (Å²) in [6, 6.07) is 4.25. The molecule has 0 bridgehead atoms. The number of nitrogens with zero attached hydrogens (tertiary/aromatic N) is 1. The number of hydrogen-bond donors (Lipinski definition) is 0. The van der Waals surface area contributed by atoms with Crippen LogP contribution in [-0.4, -0.2) is 4.98 Å². The second-order valence-corrected chi connectivity index (χ2v) is 3.62. The van der Waals surface area contributed by atoms with Gasteiger partial charge in [0, 0.05) is 12.4 Å².